The minimum Gasteiger partial charge on any atom is -0.395 e. The van der Waals surface area contributed by atoms with Crippen molar-refractivity contribution in [3.63, 3.8) is 0 Å². The molecule has 2 fully saturated rings. The summed E-state index contributed by atoms with van der Waals surface area (Å²) in [5, 5.41) is 25.0. The molecule has 0 amide bonds. The molecular weight excluding hydrogens is 496 g/mol. The number of aromatic nitrogens is 3. The third-order valence-electron chi connectivity index (χ3n) is 7.13. The molecule has 2 unspecified atom stereocenters. The molecule has 202 valence electrons. The van der Waals surface area contributed by atoms with Crippen LogP contribution in [0.4, 0.5) is 5.95 Å². The minimum atomic E-state index is -3.55. The molecule has 2 aromatic rings. The Morgan fingerprint density at radius 3 is 2.43 bits per heavy atom. The maximum Gasteiger partial charge on any atom is 0.282 e. The molecule has 4 rings (SSSR count). The van der Waals surface area contributed by atoms with Crippen LogP contribution in [0.15, 0.2) is 24.3 Å². The van der Waals surface area contributed by atoms with Gasteiger partial charge in [-0.05, 0) is 38.2 Å². The predicted molar refractivity (Wildman–Crippen MR) is 140 cm³/mol. The van der Waals surface area contributed by atoms with E-state index in [9.17, 15) is 18.3 Å². The number of nitrogen functional groups attached to an aromatic ring is 1. The SMILES string of the molecule is CC1CN(S(=O)(=O)N2CCCC2)CC1c1nc(NCc2ccc(C(=N)N)cc2)n(C(=O)C(C)(C)CO)n1. The molecular formula is C24H36N8O4S. The van der Waals surface area contributed by atoms with Gasteiger partial charge < -0.3 is 16.2 Å². The lowest BCUT2D eigenvalue weighted by Gasteiger charge is -2.23. The fraction of sp³-hybridized carbons (Fsp3) is 0.583. The quantitative estimate of drug-likeness (QED) is 0.276. The first kappa shape index (κ1) is 27.2. The second-order valence-electron chi connectivity index (χ2n) is 10.5. The van der Waals surface area contributed by atoms with Gasteiger partial charge in [0.15, 0.2) is 5.82 Å². The Morgan fingerprint density at radius 2 is 1.84 bits per heavy atom. The van der Waals surface area contributed by atoms with Crippen LogP contribution in [-0.4, -0.2) is 81.4 Å². The molecule has 0 bridgehead atoms. The van der Waals surface area contributed by atoms with Crippen molar-refractivity contribution in [2.45, 2.75) is 46.1 Å². The third kappa shape index (κ3) is 5.54. The number of rotatable bonds is 9. The molecule has 12 nitrogen and oxygen atoms in total. The number of hydrogen-bond donors (Lipinski definition) is 4. The van der Waals surface area contributed by atoms with Crippen LogP contribution in [0.1, 0.15) is 61.3 Å². The van der Waals surface area contributed by atoms with Crippen molar-refractivity contribution in [1.82, 2.24) is 23.4 Å². The smallest absolute Gasteiger partial charge is 0.282 e. The minimum absolute atomic E-state index is 0.0211. The lowest BCUT2D eigenvalue weighted by molar-refractivity contribution is 0.0615. The average molecular weight is 533 g/mol. The monoisotopic (exact) mass is 532 g/mol. The second-order valence-corrected chi connectivity index (χ2v) is 12.5. The van der Waals surface area contributed by atoms with Gasteiger partial charge in [0, 0.05) is 44.2 Å². The van der Waals surface area contributed by atoms with E-state index in [1.807, 2.05) is 19.1 Å². The van der Waals surface area contributed by atoms with Crippen molar-refractivity contribution >= 4 is 27.9 Å². The molecule has 0 saturated carbocycles. The highest BCUT2D eigenvalue weighted by molar-refractivity contribution is 7.86. The zero-order chi connectivity index (χ0) is 27.0. The summed E-state index contributed by atoms with van der Waals surface area (Å²) in [6.07, 6.45) is 1.74. The van der Waals surface area contributed by atoms with Crippen LogP contribution in [0.25, 0.3) is 0 Å². The van der Waals surface area contributed by atoms with E-state index in [0.29, 0.717) is 37.6 Å². The normalized spacial score (nSPS) is 21.4. The van der Waals surface area contributed by atoms with Crippen LogP contribution in [0, 0.1) is 16.7 Å². The Balaban J connectivity index is 1.59. The summed E-state index contributed by atoms with van der Waals surface area (Å²) in [4.78, 5) is 17.9. The van der Waals surface area contributed by atoms with Gasteiger partial charge >= 0.3 is 0 Å². The summed E-state index contributed by atoms with van der Waals surface area (Å²) in [7, 11) is -3.55. The van der Waals surface area contributed by atoms with E-state index in [0.717, 1.165) is 18.4 Å². The van der Waals surface area contributed by atoms with Crippen molar-refractivity contribution in [2.24, 2.45) is 17.1 Å². The molecule has 0 aliphatic carbocycles. The second kappa shape index (κ2) is 10.5. The summed E-state index contributed by atoms with van der Waals surface area (Å²) in [5.74, 6) is -0.142. The number of nitrogens with one attached hydrogen (secondary N) is 2. The van der Waals surface area contributed by atoms with Crippen LogP contribution >= 0.6 is 0 Å². The van der Waals surface area contributed by atoms with Gasteiger partial charge in [0.25, 0.3) is 16.1 Å². The maximum absolute atomic E-state index is 13.3. The van der Waals surface area contributed by atoms with Crippen LogP contribution in [0.5, 0.6) is 0 Å². The first-order valence-electron chi connectivity index (χ1n) is 12.5. The van der Waals surface area contributed by atoms with Crippen LogP contribution in [0.3, 0.4) is 0 Å². The van der Waals surface area contributed by atoms with E-state index in [1.54, 1.807) is 26.0 Å². The van der Waals surface area contributed by atoms with Crippen molar-refractivity contribution in [3.05, 3.63) is 41.2 Å². The van der Waals surface area contributed by atoms with Crippen molar-refractivity contribution in [1.29, 1.82) is 5.41 Å². The molecule has 2 atom stereocenters. The van der Waals surface area contributed by atoms with Gasteiger partial charge in [-0.15, -0.1) is 5.10 Å². The fourth-order valence-corrected chi connectivity index (χ4v) is 6.43. The Hall–Kier alpha value is -2.87. The number of carbonyl (C=O) groups excluding carboxylic acids is 1. The summed E-state index contributed by atoms with van der Waals surface area (Å²) < 4.78 is 30.5. The first-order chi connectivity index (χ1) is 17.4. The van der Waals surface area contributed by atoms with Crippen molar-refractivity contribution in [3.8, 4) is 0 Å². The van der Waals surface area contributed by atoms with Crippen molar-refractivity contribution < 1.29 is 18.3 Å². The number of aliphatic hydroxyl groups excluding tert-OH is 1. The Kier molecular flexibility index (Phi) is 7.70. The highest BCUT2D eigenvalue weighted by Gasteiger charge is 2.43. The van der Waals surface area contributed by atoms with Crippen LogP contribution < -0.4 is 11.1 Å². The number of nitrogens with zero attached hydrogens (tertiary/aromatic N) is 5. The molecule has 2 aliphatic rings. The van der Waals surface area contributed by atoms with Crippen molar-refractivity contribution in [2.75, 3.05) is 38.1 Å². The van der Waals surface area contributed by atoms with Gasteiger partial charge in [0.2, 0.25) is 5.95 Å². The highest BCUT2D eigenvalue weighted by Crippen LogP contribution is 2.34. The van der Waals surface area contributed by atoms with Gasteiger partial charge in [0.1, 0.15) is 5.84 Å². The third-order valence-corrected chi connectivity index (χ3v) is 9.10. The summed E-state index contributed by atoms with van der Waals surface area (Å²) >= 11 is 0. The van der Waals surface area contributed by atoms with Crippen LogP contribution in [0.2, 0.25) is 0 Å². The summed E-state index contributed by atoms with van der Waals surface area (Å²) in [6, 6.07) is 7.13. The zero-order valence-electron chi connectivity index (χ0n) is 21.5. The van der Waals surface area contributed by atoms with E-state index < -0.39 is 21.5 Å². The molecule has 2 saturated heterocycles. The number of amidine groups is 1. The number of anilines is 1. The topological polar surface area (TPSA) is 171 Å². The predicted octanol–water partition coefficient (Wildman–Crippen LogP) is 1.21. The summed E-state index contributed by atoms with van der Waals surface area (Å²) in [5.41, 5.74) is 5.93. The van der Waals surface area contributed by atoms with E-state index >= 15 is 0 Å². The zero-order valence-corrected chi connectivity index (χ0v) is 22.3. The fourth-order valence-electron chi connectivity index (χ4n) is 4.61. The number of hydrogen-bond acceptors (Lipinski definition) is 8. The Bertz CT molecular complexity index is 1250. The van der Waals surface area contributed by atoms with Gasteiger partial charge in [-0.1, -0.05) is 31.2 Å². The van der Waals surface area contributed by atoms with Gasteiger partial charge in [-0.3, -0.25) is 10.2 Å². The lowest BCUT2D eigenvalue weighted by atomic mass is 9.94. The first-order valence-corrected chi connectivity index (χ1v) is 13.9. The largest absolute Gasteiger partial charge is 0.395 e. The highest BCUT2D eigenvalue weighted by atomic mass is 32.2. The van der Waals surface area contributed by atoms with Gasteiger partial charge in [-0.2, -0.15) is 26.7 Å². The number of carbonyl (C=O) groups is 1. The molecule has 1 aromatic heterocycles. The number of nitrogens with two attached hydrogens (primary N) is 1. The number of aliphatic hydroxyl groups is 1. The molecule has 1 aromatic carbocycles. The van der Waals surface area contributed by atoms with Gasteiger partial charge in [0.05, 0.1) is 12.0 Å². The molecule has 13 heteroatoms. The molecule has 2 aliphatic heterocycles. The Morgan fingerprint density at radius 1 is 1.19 bits per heavy atom. The summed E-state index contributed by atoms with van der Waals surface area (Å²) in [6.45, 7) is 6.87. The van der Waals surface area contributed by atoms with Gasteiger partial charge in [-0.25, -0.2) is 0 Å². The average Bonchev–Trinajstić information content (AvgIpc) is 3.62. The molecule has 5 N–H and O–H groups in total. The molecule has 0 radical (unpaired) electrons. The van der Waals surface area contributed by atoms with E-state index in [1.165, 1.54) is 13.3 Å². The van der Waals surface area contributed by atoms with E-state index in [4.69, 9.17) is 11.1 Å². The Labute approximate surface area is 217 Å². The van der Waals surface area contributed by atoms with E-state index in [-0.39, 0.29) is 36.8 Å². The maximum atomic E-state index is 13.3. The molecule has 37 heavy (non-hydrogen) atoms. The van der Waals surface area contributed by atoms with Crippen LogP contribution in [-0.2, 0) is 16.8 Å². The molecule has 3 heterocycles. The molecule has 0 spiro atoms. The van der Waals surface area contributed by atoms with E-state index in [2.05, 4.69) is 15.4 Å². The number of benzene rings is 1. The standard InChI is InChI=1S/C24H36N8O4S/c1-16-13-31(37(35,36)30-10-4-5-11-30)14-19(16)21-28-23(32(29-21)22(34)24(2,3)15-33)27-12-17-6-8-18(9-7-17)20(25)26/h6-9,16,19,33H,4-5,10-15H2,1-3H3,(H3,25,26)(H,27,28,29). The lowest BCUT2D eigenvalue weighted by Crippen LogP contribution is -2.41.